The summed E-state index contributed by atoms with van der Waals surface area (Å²) >= 11 is 0. The number of hydrogen-bond donors (Lipinski definition) is 1. The van der Waals surface area contributed by atoms with E-state index in [1.54, 1.807) is 0 Å². The Morgan fingerprint density at radius 2 is 1.86 bits per heavy atom. The van der Waals surface area contributed by atoms with E-state index >= 15 is 0 Å². The molecule has 2 saturated carbocycles. The van der Waals surface area contributed by atoms with Crippen LogP contribution in [-0.2, 0) is 11.2 Å². The number of rotatable bonds is 3. The summed E-state index contributed by atoms with van der Waals surface area (Å²) in [6, 6.07) is 6.16. The van der Waals surface area contributed by atoms with Crippen LogP contribution >= 0.6 is 0 Å². The van der Waals surface area contributed by atoms with Gasteiger partial charge in [0.2, 0.25) is 5.91 Å². The van der Waals surface area contributed by atoms with Gasteiger partial charge in [-0.15, -0.1) is 0 Å². The normalized spacial score (nSPS) is 21.0. The number of nitrogens with zero attached hydrogens (tertiary/aromatic N) is 1. The number of carbonyl (C=O) groups excluding carboxylic acids is 2. The molecule has 1 N–H and O–H groups in total. The van der Waals surface area contributed by atoms with Crippen molar-refractivity contribution >= 4 is 17.5 Å². The molecular weight excluding hydrogens is 276 g/mol. The van der Waals surface area contributed by atoms with E-state index in [9.17, 15) is 9.59 Å². The standard InChI is InChI=1S/C18H22N2O2/c21-17(19-15-6-7-15)14-5-8-16-13(11-14)9-10-20(16)18(22)12-3-1-2-4-12/h5,8,11-12,15H,1-4,6-7,9-10H2,(H,19,21). The van der Waals surface area contributed by atoms with Crippen LogP contribution in [0.15, 0.2) is 18.2 Å². The first-order chi connectivity index (χ1) is 10.7. The van der Waals surface area contributed by atoms with Gasteiger partial charge in [0.25, 0.3) is 5.91 Å². The Bertz CT molecular complexity index is 616. The summed E-state index contributed by atoms with van der Waals surface area (Å²) in [5, 5.41) is 3.02. The van der Waals surface area contributed by atoms with Crippen molar-refractivity contribution < 1.29 is 9.59 Å². The predicted molar refractivity (Wildman–Crippen MR) is 84.9 cm³/mol. The Balaban J connectivity index is 1.52. The molecule has 2 amide bonds. The first-order valence-electron chi connectivity index (χ1n) is 8.47. The highest BCUT2D eigenvalue weighted by atomic mass is 16.2. The Kier molecular flexibility index (Phi) is 3.40. The average molecular weight is 298 g/mol. The second kappa shape index (κ2) is 5.41. The van der Waals surface area contributed by atoms with E-state index in [-0.39, 0.29) is 17.7 Å². The lowest BCUT2D eigenvalue weighted by atomic mass is 10.1. The molecule has 22 heavy (non-hydrogen) atoms. The van der Waals surface area contributed by atoms with Crippen LogP contribution in [-0.4, -0.2) is 24.4 Å². The predicted octanol–water partition coefficient (Wildman–Crippen LogP) is 2.66. The maximum atomic E-state index is 12.6. The molecule has 1 aromatic rings. The largest absolute Gasteiger partial charge is 0.349 e. The van der Waals surface area contributed by atoms with Gasteiger partial charge in [-0.25, -0.2) is 0 Å². The zero-order chi connectivity index (χ0) is 15.1. The molecule has 2 fully saturated rings. The highest BCUT2D eigenvalue weighted by Crippen LogP contribution is 2.34. The monoisotopic (exact) mass is 298 g/mol. The number of hydrogen-bond acceptors (Lipinski definition) is 2. The number of carbonyl (C=O) groups is 2. The molecule has 1 aromatic carbocycles. The summed E-state index contributed by atoms with van der Waals surface area (Å²) in [7, 11) is 0. The van der Waals surface area contributed by atoms with Crippen molar-refractivity contribution in [1.82, 2.24) is 5.32 Å². The number of amides is 2. The summed E-state index contributed by atoms with van der Waals surface area (Å²) in [5.41, 5.74) is 2.87. The van der Waals surface area contributed by atoms with Crippen LogP contribution in [0.2, 0.25) is 0 Å². The number of benzene rings is 1. The lowest BCUT2D eigenvalue weighted by molar-refractivity contribution is -0.122. The Morgan fingerprint density at radius 1 is 1.09 bits per heavy atom. The first kappa shape index (κ1) is 13.8. The first-order valence-corrected chi connectivity index (χ1v) is 8.47. The molecule has 3 aliphatic rings. The molecule has 116 valence electrons. The van der Waals surface area contributed by atoms with Crippen molar-refractivity contribution in [1.29, 1.82) is 0 Å². The smallest absolute Gasteiger partial charge is 0.251 e. The summed E-state index contributed by atoms with van der Waals surface area (Å²) in [4.78, 5) is 26.7. The van der Waals surface area contributed by atoms with Crippen LogP contribution < -0.4 is 10.2 Å². The molecule has 0 radical (unpaired) electrons. The lowest BCUT2D eigenvalue weighted by Gasteiger charge is -2.21. The Hall–Kier alpha value is -1.84. The minimum atomic E-state index is 0.0193. The maximum Gasteiger partial charge on any atom is 0.251 e. The van der Waals surface area contributed by atoms with Crippen molar-refractivity contribution in [2.75, 3.05) is 11.4 Å². The van der Waals surface area contributed by atoms with Gasteiger partial charge in [0.15, 0.2) is 0 Å². The molecule has 0 unspecified atom stereocenters. The van der Waals surface area contributed by atoms with Gasteiger partial charge < -0.3 is 10.2 Å². The average Bonchev–Trinajstić information content (AvgIpc) is 3.05. The molecule has 4 rings (SSSR count). The van der Waals surface area contributed by atoms with Crippen LogP contribution in [0.25, 0.3) is 0 Å². The van der Waals surface area contributed by atoms with Crippen molar-refractivity contribution in [2.45, 2.75) is 51.0 Å². The Morgan fingerprint density at radius 3 is 2.59 bits per heavy atom. The third-order valence-electron chi connectivity index (χ3n) is 5.12. The minimum absolute atomic E-state index is 0.0193. The second-order valence-electron chi connectivity index (χ2n) is 6.81. The Labute approximate surface area is 130 Å². The van der Waals surface area contributed by atoms with Gasteiger partial charge >= 0.3 is 0 Å². The van der Waals surface area contributed by atoms with Crippen LogP contribution in [0, 0.1) is 5.92 Å². The molecule has 0 bridgehead atoms. The molecule has 4 nitrogen and oxygen atoms in total. The van der Waals surface area contributed by atoms with Gasteiger partial charge in [-0.2, -0.15) is 0 Å². The molecule has 0 spiro atoms. The summed E-state index contributed by atoms with van der Waals surface area (Å²) in [6.45, 7) is 0.762. The topological polar surface area (TPSA) is 49.4 Å². The van der Waals surface area contributed by atoms with Crippen LogP contribution in [0.3, 0.4) is 0 Å². The number of fused-ring (bicyclic) bond motifs is 1. The van der Waals surface area contributed by atoms with Gasteiger partial charge in [-0.1, -0.05) is 12.8 Å². The highest BCUT2D eigenvalue weighted by Gasteiger charge is 2.32. The van der Waals surface area contributed by atoms with E-state index in [4.69, 9.17) is 0 Å². The molecule has 0 saturated heterocycles. The molecule has 1 aliphatic heterocycles. The van der Waals surface area contributed by atoms with Crippen molar-refractivity contribution in [3.05, 3.63) is 29.3 Å². The van der Waals surface area contributed by atoms with E-state index in [1.165, 1.54) is 12.8 Å². The van der Waals surface area contributed by atoms with Gasteiger partial charge in [0.05, 0.1) is 0 Å². The lowest BCUT2D eigenvalue weighted by Crippen LogP contribution is -2.33. The van der Waals surface area contributed by atoms with E-state index in [0.29, 0.717) is 6.04 Å². The van der Waals surface area contributed by atoms with Gasteiger partial charge in [0, 0.05) is 29.8 Å². The highest BCUT2D eigenvalue weighted by molar-refractivity contribution is 5.99. The fraction of sp³-hybridized carbons (Fsp3) is 0.556. The van der Waals surface area contributed by atoms with E-state index in [1.807, 2.05) is 23.1 Å². The molecular formula is C18H22N2O2. The quantitative estimate of drug-likeness (QED) is 0.932. The second-order valence-corrected chi connectivity index (χ2v) is 6.81. The molecule has 0 atom stereocenters. The van der Waals surface area contributed by atoms with Gasteiger partial charge in [-0.05, 0) is 55.9 Å². The van der Waals surface area contributed by atoms with Gasteiger partial charge in [-0.3, -0.25) is 9.59 Å². The van der Waals surface area contributed by atoms with E-state index in [0.717, 1.165) is 55.5 Å². The zero-order valence-electron chi connectivity index (χ0n) is 12.8. The number of nitrogens with one attached hydrogen (secondary N) is 1. The van der Waals surface area contributed by atoms with E-state index < -0.39 is 0 Å². The molecule has 4 heteroatoms. The molecule has 0 aromatic heterocycles. The van der Waals surface area contributed by atoms with Crippen molar-refractivity contribution in [3.63, 3.8) is 0 Å². The molecule has 2 aliphatic carbocycles. The zero-order valence-corrected chi connectivity index (χ0v) is 12.8. The third kappa shape index (κ3) is 2.51. The van der Waals surface area contributed by atoms with Crippen LogP contribution in [0.1, 0.15) is 54.4 Å². The fourth-order valence-electron chi connectivity index (χ4n) is 3.66. The fourth-order valence-corrected chi connectivity index (χ4v) is 3.66. The maximum absolute atomic E-state index is 12.6. The summed E-state index contributed by atoms with van der Waals surface area (Å²) < 4.78 is 0. The van der Waals surface area contributed by atoms with Crippen molar-refractivity contribution in [3.8, 4) is 0 Å². The van der Waals surface area contributed by atoms with Gasteiger partial charge in [0.1, 0.15) is 0 Å². The van der Waals surface area contributed by atoms with Crippen molar-refractivity contribution in [2.24, 2.45) is 5.92 Å². The minimum Gasteiger partial charge on any atom is -0.349 e. The van der Waals surface area contributed by atoms with Crippen LogP contribution in [0.4, 0.5) is 5.69 Å². The third-order valence-corrected chi connectivity index (χ3v) is 5.12. The number of anilines is 1. The molecule has 1 heterocycles. The summed E-state index contributed by atoms with van der Waals surface area (Å²) in [6.07, 6.45) is 7.48. The summed E-state index contributed by atoms with van der Waals surface area (Å²) in [5.74, 6) is 0.515. The van der Waals surface area contributed by atoms with E-state index in [2.05, 4.69) is 5.32 Å². The SMILES string of the molecule is O=C(NC1CC1)c1ccc2c(c1)CCN2C(=O)C1CCCC1. The van der Waals surface area contributed by atoms with Crippen LogP contribution in [0.5, 0.6) is 0 Å².